The summed E-state index contributed by atoms with van der Waals surface area (Å²) in [6, 6.07) is 0.536. The summed E-state index contributed by atoms with van der Waals surface area (Å²) in [5.74, 6) is 0. The minimum Gasteiger partial charge on any atom is -0.696 e. The molecule has 4 N–H and O–H groups in total. The smallest absolute Gasteiger partial charge is 0.00388 e. The number of thiocyanates is 2. The molecule has 4 nitrogen and oxygen atoms in total. The van der Waals surface area contributed by atoms with E-state index in [1.54, 1.807) is 0 Å². The Kier molecular flexibility index (Phi) is 38.3. The molecule has 0 aromatic heterocycles. The summed E-state index contributed by atoms with van der Waals surface area (Å²) in [4.78, 5) is 0. The van der Waals surface area contributed by atoms with Crippen LogP contribution >= 0.6 is 0 Å². The number of hydrogen-bond acceptors (Lipinski definition) is 5. The van der Waals surface area contributed by atoms with Crippen LogP contribution in [0, 0.1) is 21.3 Å². The van der Waals surface area contributed by atoms with E-state index in [0.29, 0.717) is 6.04 Å². The quantitative estimate of drug-likeness (QED) is 0.413. The van der Waals surface area contributed by atoms with Crippen molar-refractivity contribution in [2.45, 2.75) is 38.1 Å². The van der Waals surface area contributed by atoms with Gasteiger partial charge in [-0.1, -0.05) is 30.1 Å². The van der Waals surface area contributed by atoms with E-state index >= 15 is 0 Å². The van der Waals surface area contributed by atoms with Gasteiger partial charge in [-0.05, 0) is 12.8 Å². The van der Waals surface area contributed by atoms with Crippen LogP contribution in [0.1, 0.15) is 32.1 Å². The SMILES string of the molecule is N#C[S-].N#C[S-].NC1CCCCC1.[NH2-].[Pd]. The Hall–Kier alpha value is 0.00234. The molecule has 0 bridgehead atoms. The van der Waals surface area contributed by atoms with E-state index in [9.17, 15) is 0 Å². The predicted octanol–water partition coefficient (Wildman–Crippen LogP) is 2.02. The Morgan fingerprint density at radius 2 is 1.27 bits per heavy atom. The number of rotatable bonds is 0. The van der Waals surface area contributed by atoms with E-state index in [1.807, 2.05) is 0 Å². The first-order valence-electron chi connectivity index (χ1n) is 4.01. The van der Waals surface area contributed by atoms with E-state index in [1.165, 1.54) is 42.9 Å². The van der Waals surface area contributed by atoms with Crippen molar-refractivity contribution >= 4 is 25.3 Å². The fourth-order valence-electron chi connectivity index (χ4n) is 1.13. The van der Waals surface area contributed by atoms with Gasteiger partial charge in [-0.2, -0.15) is 0 Å². The second-order valence-corrected chi connectivity index (χ2v) is 2.95. The van der Waals surface area contributed by atoms with Crippen LogP contribution in [0.5, 0.6) is 0 Å². The Bertz CT molecular complexity index is 160. The summed E-state index contributed by atoms with van der Waals surface area (Å²) in [5, 5.41) is 16.9. The van der Waals surface area contributed by atoms with E-state index in [4.69, 9.17) is 16.3 Å². The van der Waals surface area contributed by atoms with Gasteiger partial charge in [-0.15, -0.1) is 0 Å². The molecule has 7 heteroatoms. The van der Waals surface area contributed by atoms with Crippen LogP contribution in [0.15, 0.2) is 0 Å². The zero-order chi connectivity index (χ0) is 10.5. The average Bonchev–Trinajstić information content (AvgIpc) is 2.08. The van der Waals surface area contributed by atoms with Crippen LogP contribution in [0.2, 0.25) is 0 Å². The minimum absolute atomic E-state index is 0. The molecule has 0 amide bonds. The van der Waals surface area contributed by atoms with E-state index in [-0.39, 0.29) is 26.6 Å². The summed E-state index contributed by atoms with van der Waals surface area (Å²) < 4.78 is 0. The minimum atomic E-state index is 0. The molecular weight excluding hydrogens is 323 g/mol. The summed E-state index contributed by atoms with van der Waals surface area (Å²) in [6.45, 7) is 0. The van der Waals surface area contributed by atoms with Crippen molar-refractivity contribution in [2.75, 3.05) is 0 Å². The first-order valence-corrected chi connectivity index (χ1v) is 4.82. The standard InChI is InChI=1S/C6H13N.2CHNS.H2N.Pd/c7-6-4-2-1-3-5-6;2*2-1-3;;/h6H,1-5,7H2;2*3H;1H2;/q;;;-1;/p-2. The molecule has 0 radical (unpaired) electrons. The molecule has 0 saturated heterocycles. The molecule has 1 aliphatic carbocycles. The van der Waals surface area contributed by atoms with E-state index in [0.717, 1.165) is 0 Å². The Balaban J connectivity index is -0.0000000665. The van der Waals surface area contributed by atoms with Crippen LogP contribution in [0.4, 0.5) is 0 Å². The van der Waals surface area contributed by atoms with Gasteiger partial charge in [0.25, 0.3) is 0 Å². The molecule has 15 heavy (non-hydrogen) atoms. The van der Waals surface area contributed by atoms with Gasteiger partial charge in [0, 0.05) is 26.5 Å². The molecule has 0 unspecified atom stereocenters. The van der Waals surface area contributed by atoms with Crippen molar-refractivity contribution in [2.24, 2.45) is 5.73 Å². The number of nitriles is 2. The molecular formula is C8H15N4PdS2-3. The number of nitrogens with two attached hydrogens (primary N) is 2. The van der Waals surface area contributed by atoms with E-state index in [2.05, 4.69) is 25.3 Å². The number of hydrogen-bond donors (Lipinski definition) is 1. The maximum absolute atomic E-state index is 7.13. The zero-order valence-electron chi connectivity index (χ0n) is 8.29. The Labute approximate surface area is 117 Å². The third-order valence-corrected chi connectivity index (χ3v) is 1.65. The molecule has 1 aliphatic rings. The maximum atomic E-state index is 7.13. The van der Waals surface area contributed by atoms with Crippen LogP contribution < -0.4 is 5.73 Å². The van der Waals surface area contributed by atoms with E-state index < -0.39 is 0 Å². The molecule has 0 aliphatic heterocycles. The van der Waals surface area contributed by atoms with Crippen LogP contribution in [0.25, 0.3) is 6.15 Å². The summed E-state index contributed by atoms with van der Waals surface area (Å²) in [5.41, 5.74) is 5.63. The second-order valence-electron chi connectivity index (χ2n) is 2.58. The van der Waals surface area contributed by atoms with Gasteiger partial charge in [-0.3, -0.25) is 0 Å². The molecule has 0 atom stereocenters. The molecule has 1 fully saturated rings. The van der Waals surface area contributed by atoms with Gasteiger partial charge in [0.05, 0.1) is 0 Å². The zero-order valence-corrected chi connectivity index (χ0v) is 11.5. The second kappa shape index (κ2) is 23.7. The van der Waals surface area contributed by atoms with Gasteiger partial charge in [0.15, 0.2) is 0 Å². The first kappa shape index (κ1) is 24.3. The Morgan fingerprint density at radius 3 is 1.40 bits per heavy atom. The largest absolute Gasteiger partial charge is 0.696 e. The van der Waals surface area contributed by atoms with Gasteiger partial charge < -0.3 is 37.1 Å². The monoisotopic (exact) mass is 337 g/mol. The molecule has 0 spiro atoms. The fraction of sp³-hybridized carbons (Fsp3) is 0.750. The predicted molar refractivity (Wildman–Crippen MR) is 62.3 cm³/mol. The van der Waals surface area contributed by atoms with Gasteiger partial charge in [-0.25, -0.2) is 10.5 Å². The van der Waals surface area contributed by atoms with Gasteiger partial charge >= 0.3 is 0 Å². The Morgan fingerprint density at radius 1 is 1.00 bits per heavy atom. The maximum Gasteiger partial charge on any atom is 0.00388 e. The summed E-state index contributed by atoms with van der Waals surface area (Å²) in [6.07, 6.45) is 6.66. The topological polar surface area (TPSA) is 107 Å². The van der Waals surface area contributed by atoms with Crippen LogP contribution in [-0.2, 0) is 45.7 Å². The first-order chi connectivity index (χ1) is 6.22. The molecule has 0 aromatic rings. The summed E-state index contributed by atoms with van der Waals surface area (Å²) in [7, 11) is 0. The molecule has 1 saturated carbocycles. The average molecular weight is 338 g/mol. The van der Waals surface area contributed by atoms with Crippen LogP contribution in [0.3, 0.4) is 0 Å². The fourth-order valence-corrected chi connectivity index (χ4v) is 1.13. The van der Waals surface area contributed by atoms with Crippen molar-refractivity contribution in [3.8, 4) is 10.8 Å². The third kappa shape index (κ3) is 31.5. The third-order valence-electron chi connectivity index (χ3n) is 1.65. The van der Waals surface area contributed by atoms with Crippen molar-refractivity contribution in [3.05, 3.63) is 6.15 Å². The summed E-state index contributed by atoms with van der Waals surface area (Å²) >= 11 is 7.40. The van der Waals surface area contributed by atoms with Gasteiger partial charge in [0.1, 0.15) is 0 Å². The molecule has 0 aromatic carbocycles. The normalized spacial score (nSPS) is 12.7. The molecule has 92 valence electrons. The van der Waals surface area contributed by atoms with Crippen molar-refractivity contribution < 1.29 is 20.4 Å². The number of nitrogens with zero attached hydrogens (tertiary/aromatic N) is 2. The van der Waals surface area contributed by atoms with Gasteiger partial charge in [0.2, 0.25) is 0 Å². The molecule has 0 heterocycles. The van der Waals surface area contributed by atoms with Crippen molar-refractivity contribution in [1.82, 2.24) is 0 Å². The van der Waals surface area contributed by atoms with Crippen molar-refractivity contribution in [3.63, 3.8) is 0 Å². The van der Waals surface area contributed by atoms with Crippen LogP contribution in [-0.4, -0.2) is 6.04 Å². The molecule has 1 rings (SSSR count). The van der Waals surface area contributed by atoms with Crippen molar-refractivity contribution in [1.29, 1.82) is 10.5 Å².